The Morgan fingerprint density at radius 3 is 2.73 bits per heavy atom. The molecular formula is C9H6N2O4. The van der Waals surface area contributed by atoms with Crippen LogP contribution in [0.15, 0.2) is 30.5 Å². The maximum Gasteiger partial charge on any atom is 0.415 e. The average molecular weight is 206 g/mol. The van der Waals surface area contributed by atoms with Crippen LogP contribution in [0.25, 0.3) is 10.9 Å². The van der Waals surface area contributed by atoms with Gasteiger partial charge in [-0.15, -0.1) is 0 Å². The molecule has 1 aromatic heterocycles. The van der Waals surface area contributed by atoms with Crippen molar-refractivity contribution in [2.45, 2.75) is 0 Å². The summed E-state index contributed by atoms with van der Waals surface area (Å²) < 4.78 is 1.01. The highest BCUT2D eigenvalue weighted by Crippen LogP contribution is 2.21. The lowest BCUT2D eigenvalue weighted by Gasteiger charge is -1.96. The highest BCUT2D eigenvalue weighted by atomic mass is 16.6. The number of fused-ring (bicyclic) bond motifs is 1. The Morgan fingerprint density at radius 1 is 1.40 bits per heavy atom. The first-order valence-electron chi connectivity index (χ1n) is 4.08. The molecule has 0 aliphatic carbocycles. The number of non-ortho nitro benzene ring substituents is 1. The van der Waals surface area contributed by atoms with Crippen LogP contribution >= 0.6 is 0 Å². The van der Waals surface area contributed by atoms with Crippen LogP contribution in [0.5, 0.6) is 0 Å². The minimum absolute atomic E-state index is 0.0503. The normalized spacial score (nSPS) is 10.4. The Hall–Kier alpha value is -2.37. The second-order valence-electron chi connectivity index (χ2n) is 2.97. The van der Waals surface area contributed by atoms with Gasteiger partial charge in [0.05, 0.1) is 10.4 Å². The number of hydrogen-bond donors (Lipinski definition) is 1. The number of benzene rings is 1. The fourth-order valence-corrected chi connectivity index (χ4v) is 1.41. The molecule has 0 atom stereocenters. The van der Waals surface area contributed by atoms with Gasteiger partial charge in [0.25, 0.3) is 5.69 Å². The SMILES string of the molecule is O=C(O)n1ccc2cc([N+](=O)[O-])ccc21. The first-order chi connectivity index (χ1) is 7.09. The van der Waals surface area contributed by atoms with Gasteiger partial charge in [-0.05, 0) is 12.1 Å². The van der Waals surface area contributed by atoms with Crippen molar-refractivity contribution in [1.29, 1.82) is 0 Å². The molecule has 1 N–H and O–H groups in total. The molecule has 2 aromatic rings. The molecule has 0 spiro atoms. The monoisotopic (exact) mass is 206 g/mol. The van der Waals surface area contributed by atoms with Gasteiger partial charge in [0.2, 0.25) is 0 Å². The summed E-state index contributed by atoms with van der Waals surface area (Å²) in [6.45, 7) is 0. The van der Waals surface area contributed by atoms with Gasteiger partial charge >= 0.3 is 6.09 Å². The average Bonchev–Trinajstić information content (AvgIpc) is 2.59. The number of nitro groups is 1. The van der Waals surface area contributed by atoms with E-state index in [0.717, 1.165) is 4.57 Å². The maximum atomic E-state index is 10.7. The largest absolute Gasteiger partial charge is 0.464 e. The van der Waals surface area contributed by atoms with Crippen LogP contribution in [0.2, 0.25) is 0 Å². The predicted octanol–water partition coefficient (Wildman–Crippen LogP) is 2.08. The first kappa shape index (κ1) is 9.20. The number of rotatable bonds is 1. The van der Waals surface area contributed by atoms with E-state index >= 15 is 0 Å². The van der Waals surface area contributed by atoms with Gasteiger partial charge in [0, 0.05) is 23.7 Å². The van der Waals surface area contributed by atoms with E-state index in [1.54, 1.807) is 0 Å². The van der Waals surface area contributed by atoms with Crippen molar-refractivity contribution in [2.24, 2.45) is 0 Å². The molecule has 1 heterocycles. The topological polar surface area (TPSA) is 85.4 Å². The Labute approximate surface area is 83.5 Å². The van der Waals surface area contributed by atoms with Crippen molar-refractivity contribution in [3.8, 4) is 0 Å². The van der Waals surface area contributed by atoms with Crippen LogP contribution in [0.4, 0.5) is 10.5 Å². The van der Waals surface area contributed by atoms with Crippen molar-refractivity contribution < 1.29 is 14.8 Å². The van der Waals surface area contributed by atoms with Crippen LogP contribution in [0.3, 0.4) is 0 Å². The molecule has 76 valence electrons. The molecule has 15 heavy (non-hydrogen) atoms. The van der Waals surface area contributed by atoms with E-state index in [1.807, 2.05) is 0 Å². The third kappa shape index (κ3) is 1.41. The fraction of sp³-hybridized carbons (Fsp3) is 0. The van der Waals surface area contributed by atoms with Gasteiger partial charge < -0.3 is 5.11 Å². The van der Waals surface area contributed by atoms with Crippen LogP contribution in [0.1, 0.15) is 0 Å². The Morgan fingerprint density at radius 2 is 2.13 bits per heavy atom. The number of nitrogens with zero attached hydrogens (tertiary/aromatic N) is 2. The third-order valence-electron chi connectivity index (χ3n) is 2.09. The Balaban J connectivity index is 2.66. The second kappa shape index (κ2) is 3.09. The lowest BCUT2D eigenvalue weighted by Crippen LogP contribution is -2.05. The highest BCUT2D eigenvalue weighted by Gasteiger charge is 2.10. The zero-order valence-corrected chi connectivity index (χ0v) is 7.45. The van der Waals surface area contributed by atoms with Crippen molar-refractivity contribution in [3.05, 3.63) is 40.6 Å². The standard InChI is InChI=1S/C9H6N2O4/c12-9(13)10-4-3-6-5-7(11(14)15)1-2-8(6)10/h1-5H,(H,12,13). The lowest BCUT2D eigenvalue weighted by atomic mass is 10.2. The summed E-state index contributed by atoms with van der Waals surface area (Å²) in [7, 11) is 0. The van der Waals surface area contributed by atoms with Crippen molar-refractivity contribution in [1.82, 2.24) is 4.57 Å². The van der Waals surface area contributed by atoms with E-state index in [2.05, 4.69) is 0 Å². The van der Waals surface area contributed by atoms with Crippen LogP contribution in [0, 0.1) is 10.1 Å². The maximum absolute atomic E-state index is 10.7. The first-order valence-corrected chi connectivity index (χ1v) is 4.08. The smallest absolute Gasteiger partial charge is 0.415 e. The molecule has 0 aliphatic heterocycles. The van der Waals surface area contributed by atoms with E-state index in [-0.39, 0.29) is 5.69 Å². The zero-order chi connectivity index (χ0) is 11.0. The minimum Gasteiger partial charge on any atom is -0.464 e. The molecular weight excluding hydrogens is 200 g/mol. The van der Waals surface area contributed by atoms with E-state index in [4.69, 9.17) is 5.11 Å². The summed E-state index contributed by atoms with van der Waals surface area (Å²) in [5.74, 6) is 0. The summed E-state index contributed by atoms with van der Waals surface area (Å²) in [6, 6.07) is 5.56. The van der Waals surface area contributed by atoms with E-state index in [0.29, 0.717) is 10.9 Å². The van der Waals surface area contributed by atoms with Gasteiger partial charge in [-0.3, -0.25) is 14.7 Å². The van der Waals surface area contributed by atoms with Crippen molar-refractivity contribution in [3.63, 3.8) is 0 Å². The zero-order valence-electron chi connectivity index (χ0n) is 7.45. The summed E-state index contributed by atoms with van der Waals surface area (Å²) >= 11 is 0. The molecule has 0 radical (unpaired) electrons. The second-order valence-corrected chi connectivity index (χ2v) is 2.97. The molecule has 1 aromatic carbocycles. The Kier molecular flexibility index (Phi) is 1.89. The number of carbonyl (C=O) groups is 1. The molecule has 0 amide bonds. The van der Waals surface area contributed by atoms with Crippen molar-refractivity contribution >= 4 is 22.7 Å². The number of nitro benzene ring substituents is 1. The molecule has 0 aliphatic rings. The summed E-state index contributed by atoms with van der Waals surface area (Å²) in [5, 5.41) is 19.8. The van der Waals surface area contributed by atoms with Gasteiger partial charge in [-0.2, -0.15) is 0 Å². The van der Waals surface area contributed by atoms with Crippen LogP contribution in [-0.4, -0.2) is 20.7 Å². The third-order valence-corrected chi connectivity index (χ3v) is 2.09. The lowest BCUT2D eigenvalue weighted by molar-refractivity contribution is -0.384. The quantitative estimate of drug-likeness (QED) is 0.571. The fourth-order valence-electron chi connectivity index (χ4n) is 1.41. The predicted molar refractivity (Wildman–Crippen MR) is 52.0 cm³/mol. The number of hydrogen-bond acceptors (Lipinski definition) is 3. The van der Waals surface area contributed by atoms with Gasteiger partial charge in [-0.25, -0.2) is 4.79 Å². The molecule has 2 rings (SSSR count). The summed E-state index contributed by atoms with van der Waals surface area (Å²) in [4.78, 5) is 20.7. The van der Waals surface area contributed by atoms with Crippen molar-refractivity contribution in [2.75, 3.05) is 0 Å². The molecule has 6 heteroatoms. The van der Waals surface area contributed by atoms with Crippen LogP contribution < -0.4 is 0 Å². The van der Waals surface area contributed by atoms with E-state index in [9.17, 15) is 14.9 Å². The van der Waals surface area contributed by atoms with E-state index in [1.165, 1.54) is 30.5 Å². The van der Waals surface area contributed by atoms with Gasteiger partial charge in [-0.1, -0.05) is 0 Å². The minimum atomic E-state index is -1.11. The van der Waals surface area contributed by atoms with Crippen LogP contribution in [-0.2, 0) is 0 Å². The molecule has 0 saturated carbocycles. The van der Waals surface area contributed by atoms with E-state index < -0.39 is 11.0 Å². The summed E-state index contributed by atoms with van der Waals surface area (Å²) in [6.07, 6.45) is 0.246. The van der Waals surface area contributed by atoms with Gasteiger partial charge in [0.1, 0.15) is 0 Å². The highest BCUT2D eigenvalue weighted by molar-refractivity contribution is 5.90. The number of carboxylic acid groups (broad SMARTS) is 1. The number of aromatic nitrogens is 1. The molecule has 0 unspecified atom stereocenters. The Bertz CT molecular complexity index is 558. The molecule has 0 bridgehead atoms. The molecule has 0 saturated heterocycles. The van der Waals surface area contributed by atoms with Gasteiger partial charge in [0.15, 0.2) is 0 Å². The molecule has 6 nitrogen and oxygen atoms in total. The molecule has 0 fully saturated rings. The summed E-state index contributed by atoms with van der Waals surface area (Å²) in [5.41, 5.74) is 0.388.